The zero-order chi connectivity index (χ0) is 25.6. The molecular formula is C24H22ClF3N2O4S. The van der Waals surface area contributed by atoms with Crippen LogP contribution in [0.5, 0.6) is 5.75 Å². The summed E-state index contributed by atoms with van der Waals surface area (Å²) in [5, 5.41) is 2.53. The van der Waals surface area contributed by atoms with Crippen molar-refractivity contribution in [3.05, 3.63) is 88.9 Å². The van der Waals surface area contributed by atoms with Gasteiger partial charge in [0, 0.05) is 12.2 Å². The van der Waals surface area contributed by atoms with Gasteiger partial charge in [-0.2, -0.15) is 17.5 Å². The lowest BCUT2D eigenvalue weighted by Gasteiger charge is -2.22. The summed E-state index contributed by atoms with van der Waals surface area (Å²) < 4.78 is 71.1. The molecule has 0 aliphatic heterocycles. The Balaban J connectivity index is 1.82. The molecular weight excluding hydrogens is 505 g/mol. The fourth-order valence-corrected chi connectivity index (χ4v) is 4.99. The first-order chi connectivity index (χ1) is 16.5. The Labute approximate surface area is 206 Å². The molecule has 0 fully saturated rings. The summed E-state index contributed by atoms with van der Waals surface area (Å²) in [5.74, 6) is -0.414. The molecule has 0 saturated heterocycles. The monoisotopic (exact) mass is 526 g/mol. The summed E-state index contributed by atoms with van der Waals surface area (Å²) in [5.41, 5.74) is 0.110. The van der Waals surface area contributed by atoms with E-state index >= 15 is 0 Å². The summed E-state index contributed by atoms with van der Waals surface area (Å²) in [4.78, 5) is 12.5. The Hall–Kier alpha value is -3.08. The minimum Gasteiger partial charge on any atom is -0.495 e. The van der Waals surface area contributed by atoms with Crippen LogP contribution in [0.15, 0.2) is 77.7 Å². The molecule has 0 spiro atoms. The Morgan fingerprint density at radius 2 is 1.69 bits per heavy atom. The summed E-state index contributed by atoms with van der Waals surface area (Å²) in [6.45, 7) is -0.573. The van der Waals surface area contributed by atoms with Crippen LogP contribution in [0.3, 0.4) is 0 Å². The maximum atomic E-state index is 13.4. The van der Waals surface area contributed by atoms with Crippen LogP contribution in [-0.4, -0.2) is 38.8 Å². The number of sulfonamides is 1. The highest BCUT2D eigenvalue weighted by atomic mass is 35.5. The number of nitrogens with one attached hydrogen (secondary N) is 1. The normalized spacial score (nSPS) is 11.9. The lowest BCUT2D eigenvalue weighted by Crippen LogP contribution is -2.39. The molecule has 1 N–H and O–H groups in total. The van der Waals surface area contributed by atoms with E-state index in [0.717, 1.165) is 34.1 Å². The van der Waals surface area contributed by atoms with E-state index in [2.05, 4.69) is 5.32 Å². The predicted octanol–water partition coefficient (Wildman–Crippen LogP) is 5.24. The van der Waals surface area contributed by atoms with Crippen LogP contribution < -0.4 is 10.1 Å². The number of rotatable bonds is 9. The van der Waals surface area contributed by atoms with Crippen LogP contribution in [-0.2, 0) is 27.4 Å². The van der Waals surface area contributed by atoms with Crippen LogP contribution in [0.25, 0.3) is 0 Å². The number of hydrogen-bond donors (Lipinski definition) is 1. The molecule has 0 unspecified atom stereocenters. The third-order valence-electron chi connectivity index (χ3n) is 5.07. The Bertz CT molecular complexity index is 1270. The van der Waals surface area contributed by atoms with Crippen molar-refractivity contribution in [3.8, 4) is 5.75 Å². The highest BCUT2D eigenvalue weighted by molar-refractivity contribution is 7.89. The van der Waals surface area contributed by atoms with Gasteiger partial charge in [-0.25, -0.2) is 8.42 Å². The number of benzene rings is 3. The number of amides is 1. The van der Waals surface area contributed by atoms with Crippen molar-refractivity contribution >= 4 is 33.2 Å². The first-order valence-electron chi connectivity index (χ1n) is 10.4. The number of carbonyl (C=O) groups excluding carboxylic acids is 1. The second kappa shape index (κ2) is 11.1. The Morgan fingerprint density at radius 1 is 1.03 bits per heavy atom. The summed E-state index contributed by atoms with van der Waals surface area (Å²) >= 11 is 6.10. The molecule has 3 aromatic carbocycles. The minimum absolute atomic E-state index is 0.0174. The number of carbonyl (C=O) groups is 1. The first-order valence-corrected chi connectivity index (χ1v) is 12.2. The maximum absolute atomic E-state index is 13.4. The van der Waals surface area contributed by atoms with Crippen LogP contribution in [0, 0.1) is 0 Å². The molecule has 0 saturated carbocycles. The molecule has 0 aromatic heterocycles. The van der Waals surface area contributed by atoms with Crippen molar-refractivity contribution in [2.45, 2.75) is 17.5 Å². The fraction of sp³-hybridized carbons (Fsp3) is 0.208. The van der Waals surface area contributed by atoms with Gasteiger partial charge in [0.1, 0.15) is 5.75 Å². The average Bonchev–Trinajstić information content (AvgIpc) is 2.82. The topological polar surface area (TPSA) is 75.7 Å². The van der Waals surface area contributed by atoms with E-state index in [9.17, 15) is 26.4 Å². The van der Waals surface area contributed by atoms with Gasteiger partial charge in [-0.3, -0.25) is 4.79 Å². The molecule has 3 aromatic rings. The summed E-state index contributed by atoms with van der Waals surface area (Å²) in [7, 11) is -2.75. The summed E-state index contributed by atoms with van der Waals surface area (Å²) in [6, 6.07) is 17.0. The Morgan fingerprint density at radius 3 is 2.26 bits per heavy atom. The van der Waals surface area contributed by atoms with Gasteiger partial charge in [0.25, 0.3) is 0 Å². The van der Waals surface area contributed by atoms with Gasteiger partial charge in [-0.05, 0) is 54.4 Å². The largest absolute Gasteiger partial charge is 0.495 e. The molecule has 186 valence electrons. The van der Waals surface area contributed by atoms with E-state index in [1.807, 2.05) is 30.3 Å². The number of alkyl halides is 3. The number of methoxy groups -OCH3 is 1. The van der Waals surface area contributed by atoms with Crippen molar-refractivity contribution in [1.82, 2.24) is 4.31 Å². The van der Waals surface area contributed by atoms with Crippen LogP contribution in [0.2, 0.25) is 5.02 Å². The van der Waals surface area contributed by atoms with Gasteiger partial charge in [0.15, 0.2) is 0 Å². The first kappa shape index (κ1) is 26.5. The lowest BCUT2D eigenvalue weighted by atomic mass is 10.1. The molecule has 0 aliphatic rings. The van der Waals surface area contributed by atoms with Crippen molar-refractivity contribution in [3.63, 3.8) is 0 Å². The van der Waals surface area contributed by atoms with Crippen molar-refractivity contribution in [2.75, 3.05) is 25.5 Å². The highest BCUT2D eigenvalue weighted by Crippen LogP contribution is 2.30. The SMILES string of the molecule is COc1ccc(S(=O)(=O)N(CCc2ccccc2)CC(=O)Nc2ccc(C(F)(F)F)cc2)cc1Cl. The molecule has 0 radical (unpaired) electrons. The molecule has 0 atom stereocenters. The number of hydrogen-bond acceptors (Lipinski definition) is 4. The second-order valence-electron chi connectivity index (χ2n) is 7.49. The maximum Gasteiger partial charge on any atom is 0.416 e. The molecule has 1 amide bonds. The molecule has 6 nitrogen and oxygen atoms in total. The van der Waals surface area contributed by atoms with E-state index < -0.39 is 34.2 Å². The smallest absolute Gasteiger partial charge is 0.416 e. The van der Waals surface area contributed by atoms with E-state index in [-0.39, 0.29) is 22.2 Å². The molecule has 0 heterocycles. The number of ether oxygens (including phenoxy) is 1. The Kier molecular flexibility index (Phi) is 8.42. The van der Waals surface area contributed by atoms with Gasteiger partial charge in [-0.15, -0.1) is 0 Å². The van der Waals surface area contributed by atoms with Gasteiger partial charge in [-0.1, -0.05) is 41.9 Å². The standard InChI is InChI=1S/C24H22ClF3N2O4S/c1-34-22-12-11-20(15-21(22)25)35(32,33)30(14-13-17-5-3-2-4-6-17)16-23(31)29-19-9-7-18(8-10-19)24(26,27)28/h2-12,15H,13-14,16H2,1H3,(H,29,31). The summed E-state index contributed by atoms with van der Waals surface area (Å²) in [6.07, 6.45) is -4.18. The average molecular weight is 527 g/mol. The fourth-order valence-electron chi connectivity index (χ4n) is 3.24. The molecule has 0 bridgehead atoms. The molecule has 11 heteroatoms. The number of anilines is 1. The number of halogens is 4. The third-order valence-corrected chi connectivity index (χ3v) is 7.21. The van der Waals surface area contributed by atoms with E-state index in [1.54, 1.807) is 0 Å². The minimum atomic E-state index is -4.51. The predicted molar refractivity (Wildman–Crippen MR) is 127 cm³/mol. The van der Waals surface area contributed by atoms with Gasteiger partial charge in [0.05, 0.1) is 29.1 Å². The quantitative estimate of drug-likeness (QED) is 0.414. The van der Waals surface area contributed by atoms with E-state index in [4.69, 9.17) is 16.3 Å². The third kappa shape index (κ3) is 6.97. The second-order valence-corrected chi connectivity index (χ2v) is 9.84. The van der Waals surface area contributed by atoms with E-state index in [0.29, 0.717) is 12.2 Å². The molecule has 35 heavy (non-hydrogen) atoms. The van der Waals surface area contributed by atoms with Gasteiger partial charge in [0.2, 0.25) is 15.9 Å². The van der Waals surface area contributed by atoms with Gasteiger partial charge < -0.3 is 10.1 Å². The van der Waals surface area contributed by atoms with Crippen LogP contribution in [0.4, 0.5) is 18.9 Å². The number of nitrogens with zero attached hydrogens (tertiary/aromatic N) is 1. The van der Waals surface area contributed by atoms with E-state index in [1.165, 1.54) is 25.3 Å². The zero-order valence-electron chi connectivity index (χ0n) is 18.5. The van der Waals surface area contributed by atoms with Crippen molar-refractivity contribution in [2.24, 2.45) is 0 Å². The highest BCUT2D eigenvalue weighted by Gasteiger charge is 2.30. The van der Waals surface area contributed by atoms with Crippen molar-refractivity contribution < 1.29 is 31.1 Å². The van der Waals surface area contributed by atoms with Crippen LogP contribution in [0.1, 0.15) is 11.1 Å². The molecule has 0 aliphatic carbocycles. The lowest BCUT2D eigenvalue weighted by molar-refractivity contribution is -0.137. The molecule has 3 rings (SSSR count). The van der Waals surface area contributed by atoms with Crippen molar-refractivity contribution in [1.29, 1.82) is 0 Å². The van der Waals surface area contributed by atoms with Crippen LogP contribution >= 0.6 is 11.6 Å². The zero-order valence-corrected chi connectivity index (χ0v) is 20.1. The van der Waals surface area contributed by atoms with Gasteiger partial charge >= 0.3 is 6.18 Å².